The number of halogens is 1. The molecule has 0 bridgehead atoms. The predicted octanol–water partition coefficient (Wildman–Crippen LogP) is 3.27. The first-order valence-electron chi connectivity index (χ1n) is 5.66. The van der Waals surface area contributed by atoms with Crippen LogP contribution in [0.15, 0.2) is 30.5 Å². The van der Waals surface area contributed by atoms with Gasteiger partial charge in [0.1, 0.15) is 0 Å². The Morgan fingerprint density at radius 3 is 2.71 bits per heavy atom. The second-order valence-electron chi connectivity index (χ2n) is 4.04. The Labute approximate surface area is 106 Å². The van der Waals surface area contributed by atoms with E-state index in [9.17, 15) is 0 Å². The largest absolute Gasteiger partial charge is 0.383 e. The molecule has 0 aliphatic rings. The zero-order valence-electron chi connectivity index (χ0n) is 10.1. The molecule has 0 unspecified atom stereocenters. The summed E-state index contributed by atoms with van der Waals surface area (Å²) in [6.45, 7) is 5.72. The summed E-state index contributed by atoms with van der Waals surface area (Å²) in [5.74, 6) is 0. The van der Waals surface area contributed by atoms with Crippen LogP contribution < -0.4 is 5.32 Å². The van der Waals surface area contributed by atoms with Crippen molar-refractivity contribution in [2.45, 2.75) is 20.4 Å². The maximum absolute atomic E-state index is 5.95. The number of aromatic nitrogens is 2. The van der Waals surface area contributed by atoms with Gasteiger partial charge in [0.25, 0.3) is 0 Å². The normalized spacial score (nSPS) is 10.5. The molecule has 1 N–H and O–H groups in total. The molecule has 2 aromatic rings. The van der Waals surface area contributed by atoms with E-state index in [0.717, 1.165) is 23.8 Å². The van der Waals surface area contributed by atoms with Gasteiger partial charge in [-0.2, -0.15) is 5.10 Å². The molecule has 2 rings (SSSR count). The zero-order chi connectivity index (χ0) is 12.3. The minimum Gasteiger partial charge on any atom is -0.383 e. The van der Waals surface area contributed by atoms with Crippen molar-refractivity contribution in [3.63, 3.8) is 0 Å². The van der Waals surface area contributed by atoms with Gasteiger partial charge in [0.2, 0.25) is 0 Å². The van der Waals surface area contributed by atoms with Gasteiger partial charge in [-0.05, 0) is 25.5 Å². The summed E-state index contributed by atoms with van der Waals surface area (Å²) in [6, 6.07) is 8.25. The van der Waals surface area contributed by atoms with Gasteiger partial charge in [0.15, 0.2) is 0 Å². The van der Waals surface area contributed by atoms with Gasteiger partial charge in [-0.1, -0.05) is 29.8 Å². The van der Waals surface area contributed by atoms with Crippen molar-refractivity contribution in [1.29, 1.82) is 0 Å². The Morgan fingerprint density at radius 1 is 1.29 bits per heavy atom. The molecule has 1 aromatic heterocycles. The number of aryl methyl sites for hydroxylation is 1. The number of nitrogens with zero attached hydrogens (tertiary/aromatic N) is 2. The molecule has 0 saturated carbocycles. The van der Waals surface area contributed by atoms with Gasteiger partial charge in [-0.15, -0.1) is 0 Å². The minimum atomic E-state index is 0.723. The highest BCUT2D eigenvalue weighted by atomic mass is 35.5. The molecule has 0 fully saturated rings. The molecule has 1 heterocycles. The van der Waals surface area contributed by atoms with Gasteiger partial charge < -0.3 is 5.32 Å². The van der Waals surface area contributed by atoms with E-state index in [2.05, 4.69) is 29.5 Å². The van der Waals surface area contributed by atoms with Crippen LogP contribution in [-0.2, 0) is 6.54 Å². The molecule has 0 spiro atoms. The van der Waals surface area contributed by atoms with Crippen molar-refractivity contribution in [3.8, 4) is 0 Å². The number of rotatable bonds is 4. The highest BCUT2D eigenvalue weighted by molar-refractivity contribution is 6.31. The third-order valence-corrected chi connectivity index (χ3v) is 3.20. The Kier molecular flexibility index (Phi) is 3.69. The van der Waals surface area contributed by atoms with Crippen LogP contribution in [-0.4, -0.2) is 16.3 Å². The van der Waals surface area contributed by atoms with Gasteiger partial charge in [-0.25, -0.2) is 0 Å². The maximum Gasteiger partial charge on any atom is 0.0814 e. The van der Waals surface area contributed by atoms with Crippen LogP contribution >= 0.6 is 11.6 Å². The summed E-state index contributed by atoms with van der Waals surface area (Å²) in [6.07, 6.45) is 1.69. The highest BCUT2D eigenvalue weighted by Gasteiger charge is 2.03. The van der Waals surface area contributed by atoms with Crippen LogP contribution in [0.4, 0.5) is 5.69 Å². The Bertz CT molecular complexity index is 505. The molecule has 0 atom stereocenters. The van der Waals surface area contributed by atoms with Crippen LogP contribution in [0.2, 0.25) is 5.02 Å². The molecule has 3 nitrogen and oxygen atoms in total. The first-order valence-corrected chi connectivity index (χ1v) is 6.03. The van der Waals surface area contributed by atoms with E-state index < -0.39 is 0 Å². The topological polar surface area (TPSA) is 29.9 Å². The van der Waals surface area contributed by atoms with Crippen molar-refractivity contribution in [3.05, 3.63) is 46.7 Å². The molecule has 0 saturated heterocycles. The molecular weight excluding hydrogens is 234 g/mol. The standard InChI is InChI=1S/C13H16ClN3/c1-10-5-3-4-6-13(10)15-7-8-17-11(2)12(14)9-16-17/h3-6,9,15H,7-8H2,1-2H3. The summed E-state index contributed by atoms with van der Waals surface area (Å²) in [5.41, 5.74) is 3.43. The summed E-state index contributed by atoms with van der Waals surface area (Å²) in [4.78, 5) is 0. The summed E-state index contributed by atoms with van der Waals surface area (Å²) in [5, 5.41) is 8.33. The Balaban J connectivity index is 1.92. The van der Waals surface area contributed by atoms with E-state index in [-0.39, 0.29) is 0 Å². The van der Waals surface area contributed by atoms with Crippen LogP contribution in [0.1, 0.15) is 11.3 Å². The first kappa shape index (κ1) is 12.0. The van der Waals surface area contributed by atoms with Crippen LogP contribution in [0.3, 0.4) is 0 Å². The second-order valence-corrected chi connectivity index (χ2v) is 4.45. The van der Waals surface area contributed by atoms with E-state index in [4.69, 9.17) is 11.6 Å². The van der Waals surface area contributed by atoms with Crippen molar-refractivity contribution < 1.29 is 0 Å². The number of para-hydroxylation sites is 1. The summed E-state index contributed by atoms with van der Waals surface area (Å²) in [7, 11) is 0. The lowest BCUT2D eigenvalue weighted by Crippen LogP contribution is -2.13. The summed E-state index contributed by atoms with van der Waals surface area (Å²) < 4.78 is 1.91. The lowest BCUT2D eigenvalue weighted by atomic mass is 10.2. The van der Waals surface area contributed by atoms with Gasteiger partial charge in [0.05, 0.1) is 23.5 Å². The highest BCUT2D eigenvalue weighted by Crippen LogP contribution is 2.14. The van der Waals surface area contributed by atoms with Crippen LogP contribution in [0, 0.1) is 13.8 Å². The number of benzene rings is 1. The van der Waals surface area contributed by atoms with Gasteiger partial charge in [0, 0.05) is 12.2 Å². The number of hydrogen-bond donors (Lipinski definition) is 1. The number of hydrogen-bond acceptors (Lipinski definition) is 2. The van der Waals surface area contributed by atoms with E-state index in [1.807, 2.05) is 23.7 Å². The number of anilines is 1. The molecule has 1 aromatic carbocycles. The summed E-state index contributed by atoms with van der Waals surface area (Å²) >= 11 is 5.95. The maximum atomic E-state index is 5.95. The van der Waals surface area contributed by atoms with Crippen molar-refractivity contribution in [1.82, 2.24) is 9.78 Å². The molecule has 4 heteroatoms. The lowest BCUT2D eigenvalue weighted by molar-refractivity contribution is 0.620. The predicted molar refractivity (Wildman–Crippen MR) is 71.6 cm³/mol. The minimum absolute atomic E-state index is 0.723. The van der Waals surface area contributed by atoms with Crippen LogP contribution in [0.5, 0.6) is 0 Å². The van der Waals surface area contributed by atoms with Crippen molar-refractivity contribution in [2.24, 2.45) is 0 Å². The zero-order valence-corrected chi connectivity index (χ0v) is 10.8. The smallest absolute Gasteiger partial charge is 0.0814 e. The first-order chi connectivity index (χ1) is 8.18. The Morgan fingerprint density at radius 2 is 2.06 bits per heavy atom. The molecule has 0 radical (unpaired) electrons. The average Bonchev–Trinajstić information content (AvgIpc) is 2.63. The molecule has 0 amide bonds. The monoisotopic (exact) mass is 249 g/mol. The van der Waals surface area contributed by atoms with Crippen LogP contribution in [0.25, 0.3) is 0 Å². The molecule has 0 aliphatic carbocycles. The lowest BCUT2D eigenvalue weighted by Gasteiger charge is -2.10. The quantitative estimate of drug-likeness (QED) is 0.901. The fourth-order valence-corrected chi connectivity index (χ4v) is 1.86. The third-order valence-electron chi connectivity index (χ3n) is 2.83. The number of nitrogens with one attached hydrogen (secondary N) is 1. The van der Waals surface area contributed by atoms with Crippen molar-refractivity contribution >= 4 is 17.3 Å². The average molecular weight is 250 g/mol. The second kappa shape index (κ2) is 5.23. The molecule has 17 heavy (non-hydrogen) atoms. The van der Waals surface area contributed by atoms with Crippen molar-refractivity contribution in [2.75, 3.05) is 11.9 Å². The molecular formula is C13H16ClN3. The van der Waals surface area contributed by atoms with Gasteiger partial charge >= 0.3 is 0 Å². The molecule has 0 aliphatic heterocycles. The van der Waals surface area contributed by atoms with E-state index in [1.54, 1.807) is 6.20 Å². The van der Waals surface area contributed by atoms with E-state index in [0.29, 0.717) is 0 Å². The fourth-order valence-electron chi connectivity index (χ4n) is 1.72. The third kappa shape index (κ3) is 2.80. The van der Waals surface area contributed by atoms with E-state index in [1.165, 1.54) is 11.3 Å². The molecule has 90 valence electrons. The fraction of sp³-hybridized carbons (Fsp3) is 0.308. The van der Waals surface area contributed by atoms with E-state index >= 15 is 0 Å². The Hall–Kier alpha value is -1.48. The SMILES string of the molecule is Cc1ccccc1NCCn1ncc(Cl)c1C. The van der Waals surface area contributed by atoms with Gasteiger partial charge in [-0.3, -0.25) is 4.68 Å².